The van der Waals surface area contributed by atoms with Gasteiger partial charge in [-0.3, -0.25) is 0 Å². The molecular weight excluding hydrogens is 518 g/mol. The number of nitrogens with zero attached hydrogens (tertiary/aromatic N) is 1. The van der Waals surface area contributed by atoms with Crippen LogP contribution in [0.4, 0.5) is 0 Å². The van der Waals surface area contributed by atoms with E-state index in [1.54, 1.807) is 0 Å². The predicted octanol–water partition coefficient (Wildman–Crippen LogP) is 10.6. The largest absolute Gasteiger partial charge is 0.247 e. The van der Waals surface area contributed by atoms with Crippen LogP contribution in [0.1, 0.15) is 22.3 Å². The summed E-state index contributed by atoms with van der Waals surface area (Å²) in [5.74, 6) is 0. The van der Waals surface area contributed by atoms with Crippen molar-refractivity contribution in [3.63, 3.8) is 0 Å². The Labute approximate surface area is 249 Å². The van der Waals surface area contributed by atoms with E-state index in [1.165, 1.54) is 77.0 Å². The lowest BCUT2D eigenvalue weighted by Crippen LogP contribution is -2.31. The highest BCUT2D eigenvalue weighted by molar-refractivity contribution is 6.16. The average molecular weight is 544 g/mol. The van der Waals surface area contributed by atoms with Crippen LogP contribution in [-0.4, -0.2) is 4.98 Å². The summed E-state index contributed by atoms with van der Waals surface area (Å²) in [6.45, 7) is 0. The van der Waals surface area contributed by atoms with Crippen LogP contribution in [0.5, 0.6) is 0 Å². The molecule has 2 aliphatic carbocycles. The quantitative estimate of drug-likeness (QED) is 0.188. The molecule has 0 aliphatic heterocycles. The predicted molar refractivity (Wildman–Crippen MR) is 178 cm³/mol. The summed E-state index contributed by atoms with van der Waals surface area (Å²) in [4.78, 5) is 5.33. The average Bonchev–Trinajstić information content (AvgIpc) is 3.37. The molecule has 8 aromatic rings. The van der Waals surface area contributed by atoms with Gasteiger partial charge in [0.15, 0.2) is 0 Å². The number of benzene rings is 7. The maximum atomic E-state index is 5.33. The molecule has 0 unspecified atom stereocenters. The van der Waals surface area contributed by atoms with Gasteiger partial charge in [0.1, 0.15) is 0 Å². The van der Waals surface area contributed by atoms with Gasteiger partial charge in [-0.1, -0.05) is 146 Å². The van der Waals surface area contributed by atoms with Crippen LogP contribution in [0.15, 0.2) is 152 Å². The molecule has 43 heavy (non-hydrogen) atoms. The minimum atomic E-state index is -0.395. The summed E-state index contributed by atoms with van der Waals surface area (Å²) >= 11 is 0. The van der Waals surface area contributed by atoms with Gasteiger partial charge in [0.2, 0.25) is 0 Å². The van der Waals surface area contributed by atoms with E-state index < -0.39 is 5.41 Å². The lowest BCUT2D eigenvalue weighted by Gasteiger charge is -2.40. The summed E-state index contributed by atoms with van der Waals surface area (Å²) in [5.41, 5.74) is 13.5. The standard InChI is InChI=1S/C42H25N/c1-2-17-33-26(12-1)30-16-6-10-23-39(30)43-41(33)34-25-24-32-29-15-5-9-21-37(29)42(38-22-11-18-31(34)40(32)38)35-19-7-3-13-27(35)28-14-4-8-20-36(28)42/h1-25H. The Bertz CT molecular complexity index is 2420. The minimum Gasteiger partial charge on any atom is -0.247 e. The maximum Gasteiger partial charge on any atom is 0.0794 e. The van der Waals surface area contributed by atoms with Gasteiger partial charge >= 0.3 is 0 Å². The first kappa shape index (κ1) is 23.1. The summed E-state index contributed by atoms with van der Waals surface area (Å²) in [7, 11) is 0. The first-order valence-corrected chi connectivity index (χ1v) is 15.0. The van der Waals surface area contributed by atoms with E-state index >= 15 is 0 Å². The smallest absolute Gasteiger partial charge is 0.0794 e. The lowest BCUT2D eigenvalue weighted by molar-refractivity contribution is 0.773. The van der Waals surface area contributed by atoms with Crippen LogP contribution in [-0.2, 0) is 5.41 Å². The summed E-state index contributed by atoms with van der Waals surface area (Å²) in [6, 6.07) is 55.9. The number of hydrogen-bond donors (Lipinski definition) is 0. The molecule has 0 atom stereocenters. The SMILES string of the molecule is c1ccc2c(c1)-c1ccccc1C21c2ccccc2-c2ccc(-c3nc4ccccc4c4ccccc34)c3cccc1c23. The van der Waals surface area contributed by atoms with Gasteiger partial charge < -0.3 is 0 Å². The second kappa shape index (κ2) is 8.27. The Morgan fingerprint density at radius 1 is 0.326 bits per heavy atom. The minimum absolute atomic E-state index is 0.395. The Hall–Kier alpha value is -5.53. The van der Waals surface area contributed by atoms with Crippen LogP contribution in [0, 0.1) is 0 Å². The van der Waals surface area contributed by atoms with Gasteiger partial charge in [-0.05, 0) is 66.7 Å². The zero-order valence-electron chi connectivity index (χ0n) is 23.4. The van der Waals surface area contributed by atoms with E-state index in [0.29, 0.717) is 0 Å². The van der Waals surface area contributed by atoms with Gasteiger partial charge in [0.05, 0.1) is 16.6 Å². The second-order valence-electron chi connectivity index (χ2n) is 11.8. The molecule has 1 spiro atoms. The Morgan fingerprint density at radius 3 is 1.51 bits per heavy atom. The van der Waals surface area contributed by atoms with Crippen LogP contribution in [0.2, 0.25) is 0 Å². The molecule has 1 aromatic heterocycles. The van der Waals surface area contributed by atoms with Crippen molar-refractivity contribution in [3.8, 4) is 33.5 Å². The maximum absolute atomic E-state index is 5.33. The number of rotatable bonds is 1. The highest BCUT2D eigenvalue weighted by Gasteiger charge is 2.49. The van der Waals surface area contributed by atoms with E-state index in [9.17, 15) is 0 Å². The van der Waals surface area contributed by atoms with Crippen molar-refractivity contribution in [1.29, 1.82) is 0 Å². The van der Waals surface area contributed by atoms with Gasteiger partial charge in [0, 0.05) is 16.3 Å². The molecule has 0 bridgehead atoms. The van der Waals surface area contributed by atoms with Crippen molar-refractivity contribution < 1.29 is 0 Å². The third kappa shape index (κ3) is 2.80. The van der Waals surface area contributed by atoms with Gasteiger partial charge in [-0.15, -0.1) is 0 Å². The van der Waals surface area contributed by atoms with Crippen molar-refractivity contribution in [2.24, 2.45) is 0 Å². The molecule has 1 heteroatoms. The molecule has 0 saturated heterocycles. The van der Waals surface area contributed by atoms with Crippen LogP contribution < -0.4 is 0 Å². The Kier molecular flexibility index (Phi) is 4.44. The van der Waals surface area contributed by atoms with Crippen LogP contribution >= 0.6 is 0 Å². The molecule has 0 saturated carbocycles. The molecule has 0 radical (unpaired) electrons. The highest BCUT2D eigenvalue weighted by atomic mass is 14.7. The molecule has 10 rings (SSSR count). The van der Waals surface area contributed by atoms with E-state index in [4.69, 9.17) is 4.98 Å². The first-order chi connectivity index (χ1) is 21.4. The molecule has 0 amide bonds. The number of aromatic nitrogens is 1. The summed E-state index contributed by atoms with van der Waals surface area (Å²) in [5, 5.41) is 6.19. The zero-order valence-corrected chi connectivity index (χ0v) is 23.4. The fraction of sp³-hybridized carbons (Fsp3) is 0.0238. The third-order valence-electron chi connectivity index (χ3n) is 9.88. The van der Waals surface area contributed by atoms with Gasteiger partial charge in [-0.25, -0.2) is 4.98 Å². The zero-order chi connectivity index (χ0) is 28.1. The van der Waals surface area contributed by atoms with E-state index in [-0.39, 0.29) is 0 Å². The summed E-state index contributed by atoms with van der Waals surface area (Å²) < 4.78 is 0. The number of hydrogen-bond acceptors (Lipinski definition) is 1. The number of pyridine rings is 1. The van der Waals surface area contributed by atoms with E-state index in [2.05, 4.69) is 152 Å². The van der Waals surface area contributed by atoms with E-state index in [0.717, 1.165) is 11.2 Å². The molecule has 7 aromatic carbocycles. The van der Waals surface area contributed by atoms with Crippen molar-refractivity contribution in [2.45, 2.75) is 5.41 Å². The molecule has 2 aliphatic rings. The monoisotopic (exact) mass is 543 g/mol. The molecule has 0 fully saturated rings. The molecule has 1 heterocycles. The lowest BCUT2D eigenvalue weighted by atomic mass is 9.61. The van der Waals surface area contributed by atoms with Crippen molar-refractivity contribution in [2.75, 3.05) is 0 Å². The Balaban J connectivity index is 1.39. The van der Waals surface area contributed by atoms with Crippen LogP contribution in [0.3, 0.4) is 0 Å². The fourth-order valence-electron chi connectivity index (χ4n) is 8.26. The summed E-state index contributed by atoms with van der Waals surface area (Å²) in [6.07, 6.45) is 0. The van der Waals surface area contributed by atoms with Crippen molar-refractivity contribution in [1.82, 2.24) is 4.98 Å². The third-order valence-corrected chi connectivity index (χ3v) is 9.88. The number of para-hydroxylation sites is 1. The number of fused-ring (bicyclic) bond motifs is 12. The molecular formula is C42H25N. The Morgan fingerprint density at radius 2 is 0.814 bits per heavy atom. The highest BCUT2D eigenvalue weighted by Crippen LogP contribution is 2.62. The van der Waals surface area contributed by atoms with Crippen molar-refractivity contribution in [3.05, 3.63) is 174 Å². The second-order valence-corrected chi connectivity index (χ2v) is 11.8. The van der Waals surface area contributed by atoms with Gasteiger partial charge in [-0.2, -0.15) is 0 Å². The van der Waals surface area contributed by atoms with Crippen molar-refractivity contribution >= 4 is 32.4 Å². The van der Waals surface area contributed by atoms with E-state index in [1.807, 2.05) is 0 Å². The van der Waals surface area contributed by atoms with Crippen LogP contribution in [0.25, 0.3) is 66.0 Å². The topological polar surface area (TPSA) is 12.9 Å². The fourth-order valence-corrected chi connectivity index (χ4v) is 8.26. The molecule has 198 valence electrons. The normalized spacial score (nSPS) is 13.8. The first-order valence-electron chi connectivity index (χ1n) is 15.0. The molecule has 1 nitrogen and oxygen atoms in total. The molecule has 0 N–H and O–H groups in total. The van der Waals surface area contributed by atoms with Gasteiger partial charge in [0.25, 0.3) is 0 Å².